The number of rotatable bonds is 4. The highest BCUT2D eigenvalue weighted by Crippen LogP contribution is 2.35. The van der Waals surface area contributed by atoms with Gasteiger partial charge in [-0.05, 0) is 26.0 Å². The van der Waals surface area contributed by atoms with Crippen LogP contribution in [0.5, 0.6) is 0 Å². The third-order valence-electron chi connectivity index (χ3n) is 3.54. The molecule has 1 amide bonds. The first-order chi connectivity index (χ1) is 12.3. The third-order valence-corrected chi connectivity index (χ3v) is 4.55. The Kier molecular flexibility index (Phi) is 4.94. The van der Waals surface area contributed by atoms with Crippen molar-refractivity contribution in [1.29, 1.82) is 0 Å². The average Bonchev–Trinajstić information content (AvgIpc) is 3.19. The van der Waals surface area contributed by atoms with Crippen molar-refractivity contribution in [2.24, 2.45) is 5.73 Å². The number of hydrogen-bond donors (Lipinski definition) is 2. The summed E-state index contributed by atoms with van der Waals surface area (Å²) in [5.41, 5.74) is 6.92. The van der Waals surface area contributed by atoms with Gasteiger partial charge in [-0.1, -0.05) is 42.2 Å². The lowest BCUT2D eigenvalue weighted by molar-refractivity contribution is -0.118. The van der Waals surface area contributed by atoms with Crippen molar-refractivity contribution in [2.75, 3.05) is 0 Å². The van der Waals surface area contributed by atoms with Crippen LogP contribution in [0, 0.1) is 11.8 Å². The van der Waals surface area contributed by atoms with Gasteiger partial charge < -0.3 is 15.4 Å². The molecule has 0 bridgehead atoms. The number of primary amides is 1. The minimum atomic E-state index is -1.05. The first-order valence-corrected chi connectivity index (χ1v) is 8.90. The number of amides is 1. The molecule has 0 spiro atoms. The number of nitrogens with zero attached hydrogens (tertiary/aromatic N) is 2. The molecule has 0 radical (unpaired) electrons. The van der Waals surface area contributed by atoms with Crippen LogP contribution in [0.15, 0.2) is 48.8 Å². The van der Waals surface area contributed by atoms with E-state index in [0.29, 0.717) is 0 Å². The van der Waals surface area contributed by atoms with Gasteiger partial charge in [0.2, 0.25) is 5.91 Å². The Morgan fingerprint density at radius 3 is 2.65 bits per heavy atom. The molecular weight excluding hydrogens is 346 g/mol. The highest BCUT2D eigenvalue weighted by atomic mass is 32.1. The second-order valence-electron chi connectivity index (χ2n) is 6.37. The molecule has 0 saturated heterocycles. The van der Waals surface area contributed by atoms with Gasteiger partial charge in [0.05, 0.1) is 27.5 Å². The maximum absolute atomic E-state index is 11.4. The third kappa shape index (κ3) is 4.20. The fraction of sp³-hybridized carbons (Fsp3) is 0.200. The predicted octanol–water partition coefficient (Wildman–Crippen LogP) is 2.89. The van der Waals surface area contributed by atoms with Gasteiger partial charge in [0.15, 0.2) is 0 Å². The quantitative estimate of drug-likeness (QED) is 0.698. The number of aliphatic hydroxyl groups is 1. The van der Waals surface area contributed by atoms with Crippen LogP contribution < -0.4 is 5.73 Å². The fourth-order valence-electron chi connectivity index (χ4n) is 2.48. The Balaban J connectivity index is 2.08. The molecule has 5 nitrogen and oxygen atoms in total. The largest absolute Gasteiger partial charge is 0.378 e. The first-order valence-electron chi connectivity index (χ1n) is 8.08. The SMILES string of the molecule is CC(C)(O)C#Cc1ccc(-c2c(-c3ccccc3)ncn2CC(N)=O)s1. The van der Waals surface area contributed by atoms with Gasteiger partial charge in [-0.15, -0.1) is 11.3 Å². The number of imidazole rings is 1. The Bertz CT molecular complexity index is 985. The molecule has 6 heteroatoms. The molecule has 0 atom stereocenters. The summed E-state index contributed by atoms with van der Waals surface area (Å²) in [6.45, 7) is 3.34. The molecule has 0 aliphatic heterocycles. The Labute approximate surface area is 156 Å². The van der Waals surface area contributed by atoms with E-state index >= 15 is 0 Å². The van der Waals surface area contributed by atoms with E-state index < -0.39 is 11.5 Å². The van der Waals surface area contributed by atoms with E-state index in [9.17, 15) is 9.90 Å². The number of hydrogen-bond acceptors (Lipinski definition) is 4. The van der Waals surface area contributed by atoms with Crippen LogP contribution in [0.2, 0.25) is 0 Å². The van der Waals surface area contributed by atoms with Crippen LogP contribution in [0.1, 0.15) is 18.7 Å². The normalized spacial score (nSPS) is 11.0. The van der Waals surface area contributed by atoms with Crippen molar-refractivity contribution in [3.05, 3.63) is 53.7 Å². The predicted molar refractivity (Wildman–Crippen MR) is 103 cm³/mol. The Hall–Kier alpha value is -2.88. The molecule has 2 heterocycles. The molecule has 0 unspecified atom stereocenters. The molecule has 2 aromatic heterocycles. The van der Waals surface area contributed by atoms with Gasteiger partial charge in [0.1, 0.15) is 12.1 Å². The van der Waals surface area contributed by atoms with Crippen molar-refractivity contribution in [3.63, 3.8) is 0 Å². The number of nitrogens with two attached hydrogens (primary N) is 1. The zero-order valence-corrected chi connectivity index (χ0v) is 15.4. The van der Waals surface area contributed by atoms with E-state index in [2.05, 4.69) is 16.8 Å². The minimum Gasteiger partial charge on any atom is -0.378 e. The van der Waals surface area contributed by atoms with Gasteiger partial charge in [0.25, 0.3) is 0 Å². The molecule has 132 valence electrons. The van der Waals surface area contributed by atoms with Crippen LogP contribution in [0.25, 0.3) is 21.8 Å². The van der Waals surface area contributed by atoms with Gasteiger partial charge in [-0.3, -0.25) is 4.79 Å². The van der Waals surface area contributed by atoms with Crippen LogP contribution in [-0.2, 0) is 11.3 Å². The minimum absolute atomic E-state index is 0.0533. The van der Waals surface area contributed by atoms with Crippen molar-refractivity contribution >= 4 is 17.2 Å². The molecule has 3 rings (SSSR count). The maximum Gasteiger partial charge on any atom is 0.237 e. The van der Waals surface area contributed by atoms with Crippen LogP contribution >= 0.6 is 11.3 Å². The number of carbonyl (C=O) groups excluding carboxylic acids is 1. The summed E-state index contributed by atoms with van der Waals surface area (Å²) in [6, 6.07) is 13.6. The van der Waals surface area contributed by atoms with Crippen LogP contribution in [0.3, 0.4) is 0 Å². The number of benzene rings is 1. The lowest BCUT2D eigenvalue weighted by Gasteiger charge is -2.07. The molecule has 26 heavy (non-hydrogen) atoms. The first kappa shape index (κ1) is 17.9. The maximum atomic E-state index is 11.4. The average molecular weight is 365 g/mol. The molecular formula is C20H19N3O2S. The highest BCUT2D eigenvalue weighted by Gasteiger charge is 2.17. The second kappa shape index (κ2) is 7.16. The van der Waals surface area contributed by atoms with E-state index in [-0.39, 0.29) is 6.54 Å². The van der Waals surface area contributed by atoms with Crippen molar-refractivity contribution < 1.29 is 9.90 Å². The van der Waals surface area contributed by atoms with Crippen molar-refractivity contribution in [2.45, 2.75) is 26.0 Å². The Morgan fingerprint density at radius 1 is 1.27 bits per heavy atom. The molecule has 0 fully saturated rings. The van der Waals surface area contributed by atoms with Gasteiger partial charge in [-0.2, -0.15) is 0 Å². The van der Waals surface area contributed by atoms with E-state index in [1.54, 1.807) is 24.7 Å². The monoisotopic (exact) mass is 365 g/mol. The summed E-state index contributed by atoms with van der Waals surface area (Å²) in [5, 5.41) is 9.77. The molecule has 3 aromatic rings. The smallest absolute Gasteiger partial charge is 0.237 e. The number of thiophene rings is 1. The summed E-state index contributed by atoms with van der Waals surface area (Å²) in [4.78, 5) is 17.7. The molecule has 0 aliphatic carbocycles. The zero-order chi connectivity index (χ0) is 18.7. The van der Waals surface area contributed by atoms with Crippen molar-refractivity contribution in [1.82, 2.24) is 9.55 Å². The molecule has 3 N–H and O–H groups in total. The topological polar surface area (TPSA) is 81.1 Å². The molecule has 0 aliphatic rings. The Morgan fingerprint density at radius 2 is 2.00 bits per heavy atom. The van der Waals surface area contributed by atoms with E-state index in [4.69, 9.17) is 5.73 Å². The fourth-order valence-corrected chi connectivity index (χ4v) is 3.40. The molecule has 1 aromatic carbocycles. The zero-order valence-electron chi connectivity index (χ0n) is 14.6. The van der Waals surface area contributed by atoms with E-state index in [0.717, 1.165) is 26.7 Å². The number of aromatic nitrogens is 2. The van der Waals surface area contributed by atoms with Gasteiger partial charge in [-0.25, -0.2) is 4.98 Å². The van der Waals surface area contributed by atoms with Crippen molar-refractivity contribution in [3.8, 4) is 33.7 Å². The lowest BCUT2D eigenvalue weighted by atomic mass is 10.1. The summed E-state index contributed by atoms with van der Waals surface area (Å²) >= 11 is 1.48. The lowest BCUT2D eigenvalue weighted by Crippen LogP contribution is -2.18. The molecule has 0 saturated carbocycles. The number of carbonyl (C=O) groups is 1. The van der Waals surface area contributed by atoms with Crippen LogP contribution in [-0.4, -0.2) is 26.2 Å². The van der Waals surface area contributed by atoms with Gasteiger partial charge in [0, 0.05) is 5.56 Å². The van der Waals surface area contributed by atoms with Gasteiger partial charge >= 0.3 is 0 Å². The summed E-state index contributed by atoms with van der Waals surface area (Å²) in [5.74, 6) is 5.36. The standard InChI is InChI=1S/C20H19N3O2S/c1-20(2,25)11-10-15-8-9-16(26-15)19-18(14-6-4-3-5-7-14)22-13-23(19)12-17(21)24/h3-9,13,25H,12H2,1-2H3,(H2,21,24). The highest BCUT2D eigenvalue weighted by molar-refractivity contribution is 7.16. The second-order valence-corrected chi connectivity index (χ2v) is 7.46. The van der Waals surface area contributed by atoms with E-state index in [1.165, 1.54) is 11.3 Å². The summed E-state index contributed by atoms with van der Waals surface area (Å²) < 4.78 is 1.75. The van der Waals surface area contributed by atoms with E-state index in [1.807, 2.05) is 42.5 Å². The summed E-state index contributed by atoms with van der Waals surface area (Å²) in [6.07, 6.45) is 1.63. The summed E-state index contributed by atoms with van der Waals surface area (Å²) in [7, 11) is 0. The van der Waals surface area contributed by atoms with Crippen LogP contribution in [0.4, 0.5) is 0 Å².